The molecule has 1 saturated heterocycles. The number of Topliss-reactive ketones (excluding diaryl/α,β-unsaturated/α-hetero) is 1. The Kier molecular flexibility index (Phi) is 8.27. The third kappa shape index (κ3) is 6.53. The van der Waals surface area contributed by atoms with Gasteiger partial charge in [0, 0.05) is 46.5 Å². The highest BCUT2D eigenvalue weighted by atomic mass is 35.5. The number of sulfonamides is 1. The first-order valence-electron chi connectivity index (χ1n) is 13.9. The minimum Gasteiger partial charge on any atom is -0.350 e. The zero-order valence-electron chi connectivity index (χ0n) is 23.9. The summed E-state index contributed by atoms with van der Waals surface area (Å²) in [6, 6.07) is 8.82. The highest BCUT2D eigenvalue weighted by Gasteiger charge is 2.44. The molecule has 1 aliphatic heterocycles. The Morgan fingerprint density at radius 2 is 1.84 bits per heavy atom. The fourth-order valence-electron chi connectivity index (χ4n) is 5.49. The maximum Gasteiger partial charge on any atom is 0.264 e. The van der Waals surface area contributed by atoms with Gasteiger partial charge in [0.2, 0.25) is 21.8 Å². The predicted molar refractivity (Wildman–Crippen MR) is 162 cm³/mol. The molecule has 2 heterocycles. The summed E-state index contributed by atoms with van der Waals surface area (Å²) in [5, 5.41) is 2.54. The number of carbonyl (C=O) groups is 4. The SMILES string of the molecule is CC(=O)c1cn(CC(=O)N2C[Si](C)(C)CC2C(=O)NCc2cccc(Cl)c2F)c2ccc(C(=O)NS(=O)(=O)C3CC3)cc12. The number of ketones is 1. The first kappa shape index (κ1) is 30.9. The Bertz CT molecular complexity index is 1770. The zero-order valence-corrected chi connectivity index (χ0v) is 26.5. The number of nitrogens with zero attached hydrogens (tertiary/aromatic N) is 2. The minimum atomic E-state index is -3.76. The highest BCUT2D eigenvalue weighted by molar-refractivity contribution is 7.91. The molecule has 1 atom stereocenters. The van der Waals surface area contributed by atoms with Gasteiger partial charge in [-0.25, -0.2) is 17.5 Å². The molecule has 2 aromatic carbocycles. The molecule has 10 nitrogen and oxygen atoms in total. The van der Waals surface area contributed by atoms with Gasteiger partial charge in [0.15, 0.2) is 5.78 Å². The van der Waals surface area contributed by atoms with E-state index in [-0.39, 0.29) is 52.4 Å². The van der Waals surface area contributed by atoms with Gasteiger partial charge in [-0.2, -0.15) is 0 Å². The van der Waals surface area contributed by atoms with Crippen molar-refractivity contribution in [1.29, 1.82) is 0 Å². The molecule has 1 saturated carbocycles. The summed E-state index contributed by atoms with van der Waals surface area (Å²) in [5.41, 5.74) is 1.09. The molecule has 2 N–H and O–H groups in total. The molecular formula is C29H32ClFN4O6SSi. The van der Waals surface area contributed by atoms with Gasteiger partial charge in [0.25, 0.3) is 5.91 Å². The van der Waals surface area contributed by atoms with Crippen molar-refractivity contribution in [2.75, 3.05) is 6.17 Å². The largest absolute Gasteiger partial charge is 0.350 e. The van der Waals surface area contributed by atoms with Crippen LogP contribution in [0.2, 0.25) is 24.2 Å². The van der Waals surface area contributed by atoms with Crippen molar-refractivity contribution >= 4 is 64.1 Å². The van der Waals surface area contributed by atoms with Crippen LogP contribution < -0.4 is 10.0 Å². The number of amides is 3. The molecule has 228 valence electrons. The van der Waals surface area contributed by atoms with Crippen LogP contribution in [-0.2, 0) is 32.7 Å². The van der Waals surface area contributed by atoms with Crippen LogP contribution in [0, 0.1) is 5.82 Å². The molecule has 0 spiro atoms. The lowest BCUT2D eigenvalue weighted by Gasteiger charge is -2.25. The molecule has 1 aromatic heterocycles. The van der Waals surface area contributed by atoms with E-state index < -0.39 is 41.1 Å². The molecule has 2 aliphatic rings. The first-order chi connectivity index (χ1) is 20.2. The van der Waals surface area contributed by atoms with Crippen molar-refractivity contribution in [3.05, 3.63) is 70.1 Å². The monoisotopic (exact) mass is 646 g/mol. The molecule has 5 rings (SSSR count). The van der Waals surface area contributed by atoms with Crippen LogP contribution >= 0.6 is 11.6 Å². The molecule has 0 bridgehead atoms. The van der Waals surface area contributed by atoms with E-state index in [0.717, 1.165) is 0 Å². The Labute approximate surface area is 254 Å². The smallest absolute Gasteiger partial charge is 0.264 e. The van der Waals surface area contributed by atoms with Crippen LogP contribution in [0.25, 0.3) is 10.9 Å². The van der Waals surface area contributed by atoms with Crippen LogP contribution in [-0.4, -0.2) is 66.9 Å². The number of fused-ring (bicyclic) bond motifs is 1. The maximum absolute atomic E-state index is 14.3. The van der Waals surface area contributed by atoms with E-state index in [0.29, 0.717) is 36.0 Å². The lowest BCUT2D eigenvalue weighted by atomic mass is 10.1. The summed E-state index contributed by atoms with van der Waals surface area (Å²) in [6.07, 6.45) is 3.00. The lowest BCUT2D eigenvalue weighted by Crippen LogP contribution is -2.46. The molecular weight excluding hydrogens is 615 g/mol. The molecule has 1 aliphatic carbocycles. The van der Waals surface area contributed by atoms with E-state index >= 15 is 0 Å². The van der Waals surface area contributed by atoms with Gasteiger partial charge in [-0.05, 0) is 50.1 Å². The quantitative estimate of drug-likeness (QED) is 0.269. The average Bonchev–Trinajstić information content (AvgIpc) is 3.67. The minimum absolute atomic E-state index is 0.0436. The van der Waals surface area contributed by atoms with E-state index in [1.165, 1.54) is 37.4 Å². The molecule has 3 aromatic rings. The highest BCUT2D eigenvalue weighted by Crippen LogP contribution is 2.30. The second-order valence-corrected chi connectivity index (χ2v) is 19.4. The van der Waals surface area contributed by atoms with E-state index in [1.54, 1.807) is 21.6 Å². The molecule has 14 heteroatoms. The summed E-state index contributed by atoms with van der Waals surface area (Å²) in [7, 11) is -5.71. The van der Waals surface area contributed by atoms with Gasteiger partial charge in [0.1, 0.15) is 18.4 Å². The third-order valence-electron chi connectivity index (χ3n) is 7.85. The van der Waals surface area contributed by atoms with Crippen molar-refractivity contribution < 1.29 is 32.0 Å². The van der Waals surface area contributed by atoms with Crippen LogP contribution in [0.1, 0.15) is 46.0 Å². The van der Waals surface area contributed by atoms with Crippen molar-refractivity contribution in [2.24, 2.45) is 0 Å². The van der Waals surface area contributed by atoms with Gasteiger partial charge >= 0.3 is 0 Å². The summed E-state index contributed by atoms with van der Waals surface area (Å²) in [4.78, 5) is 53.7. The normalized spacial score (nSPS) is 18.1. The fourth-order valence-corrected chi connectivity index (χ4v) is 9.88. The van der Waals surface area contributed by atoms with Gasteiger partial charge in [-0.3, -0.25) is 19.2 Å². The first-order valence-corrected chi connectivity index (χ1v) is 19.2. The maximum atomic E-state index is 14.3. The van der Waals surface area contributed by atoms with Crippen LogP contribution in [0.3, 0.4) is 0 Å². The number of nitrogens with one attached hydrogen (secondary N) is 2. The van der Waals surface area contributed by atoms with E-state index in [4.69, 9.17) is 11.6 Å². The Morgan fingerprint density at radius 3 is 2.51 bits per heavy atom. The number of halogens is 2. The molecule has 0 radical (unpaired) electrons. The van der Waals surface area contributed by atoms with Crippen molar-refractivity contribution in [3.63, 3.8) is 0 Å². The van der Waals surface area contributed by atoms with E-state index in [9.17, 15) is 32.0 Å². The number of rotatable bonds is 9. The standard InChI is InChI=1S/C29H32ClFN4O6SSi/c1-17(36)22-13-34(24-10-7-18(11-21(22)24)28(38)33-42(40,41)20-8-9-20)14-26(37)35-16-43(2,3)15-25(35)29(39)32-12-19-5-4-6-23(30)27(19)31/h4-7,10-11,13,20,25H,8-9,12,14-16H2,1-3H3,(H,32,39)(H,33,38). The summed E-state index contributed by atoms with van der Waals surface area (Å²) in [5.74, 6) is -2.40. The van der Waals surface area contributed by atoms with Crippen molar-refractivity contribution in [3.8, 4) is 0 Å². The number of aromatic nitrogens is 1. The molecule has 1 unspecified atom stereocenters. The fraction of sp³-hybridized carbons (Fsp3) is 0.379. The summed E-state index contributed by atoms with van der Waals surface area (Å²) < 4.78 is 42.5. The topological polar surface area (TPSA) is 135 Å². The van der Waals surface area contributed by atoms with Crippen LogP contribution in [0.15, 0.2) is 42.6 Å². The van der Waals surface area contributed by atoms with Crippen LogP contribution in [0.5, 0.6) is 0 Å². The second-order valence-electron chi connectivity index (χ2n) is 12.0. The van der Waals surface area contributed by atoms with Gasteiger partial charge in [-0.15, -0.1) is 0 Å². The number of benzene rings is 2. The number of hydrogen-bond acceptors (Lipinski definition) is 6. The predicted octanol–water partition coefficient (Wildman–Crippen LogP) is 3.63. The number of hydrogen-bond donors (Lipinski definition) is 2. The Balaban J connectivity index is 1.36. The van der Waals surface area contributed by atoms with Gasteiger partial charge < -0.3 is 14.8 Å². The zero-order chi connectivity index (χ0) is 31.3. The molecule has 43 heavy (non-hydrogen) atoms. The number of carbonyl (C=O) groups excluding carboxylic acids is 4. The van der Waals surface area contributed by atoms with Gasteiger partial charge in [0.05, 0.1) is 18.3 Å². The van der Waals surface area contributed by atoms with E-state index in [1.807, 2.05) is 0 Å². The van der Waals surface area contributed by atoms with Crippen LogP contribution in [0.4, 0.5) is 4.39 Å². The van der Waals surface area contributed by atoms with Crippen molar-refractivity contribution in [2.45, 2.75) is 63.3 Å². The second kappa shape index (κ2) is 11.5. The van der Waals surface area contributed by atoms with E-state index in [2.05, 4.69) is 23.1 Å². The van der Waals surface area contributed by atoms with Crippen molar-refractivity contribution in [1.82, 2.24) is 19.5 Å². The third-order valence-corrected chi connectivity index (χ3v) is 12.7. The summed E-state index contributed by atoms with van der Waals surface area (Å²) in [6.45, 7) is 5.30. The summed E-state index contributed by atoms with van der Waals surface area (Å²) >= 11 is 5.86. The lowest BCUT2D eigenvalue weighted by molar-refractivity contribution is -0.138. The average molecular weight is 647 g/mol. The Morgan fingerprint density at radius 1 is 1.12 bits per heavy atom. The molecule has 3 amide bonds. The Hall–Kier alpha value is -3.55. The van der Waals surface area contributed by atoms with Gasteiger partial charge in [-0.1, -0.05) is 36.8 Å². The molecule has 2 fully saturated rings.